The molecular formula is C13H23NO2. The van der Waals surface area contributed by atoms with E-state index in [0.29, 0.717) is 23.8 Å². The molecule has 0 unspecified atom stereocenters. The largest absolute Gasteiger partial charge is 0.460 e. The van der Waals surface area contributed by atoms with E-state index in [2.05, 4.69) is 0 Å². The van der Waals surface area contributed by atoms with Crippen molar-refractivity contribution in [2.75, 3.05) is 0 Å². The van der Waals surface area contributed by atoms with Crippen molar-refractivity contribution < 1.29 is 9.53 Å². The second-order valence-corrected chi connectivity index (χ2v) is 6.42. The molecule has 2 N–H and O–H groups in total. The van der Waals surface area contributed by atoms with Crippen LogP contribution in [-0.4, -0.2) is 17.6 Å². The second-order valence-electron chi connectivity index (χ2n) is 6.42. The van der Waals surface area contributed by atoms with Gasteiger partial charge in [-0.25, -0.2) is 0 Å². The molecule has 2 atom stereocenters. The Bertz CT molecular complexity index is 289. The molecule has 2 saturated carbocycles. The zero-order valence-corrected chi connectivity index (χ0v) is 10.6. The third kappa shape index (κ3) is 1.97. The van der Waals surface area contributed by atoms with Crippen LogP contribution >= 0.6 is 0 Å². The summed E-state index contributed by atoms with van der Waals surface area (Å²) in [4.78, 5) is 11.7. The Balaban J connectivity index is 1.85. The second kappa shape index (κ2) is 3.73. The van der Waals surface area contributed by atoms with Gasteiger partial charge in [0.2, 0.25) is 0 Å². The molecular weight excluding hydrogens is 202 g/mol. The molecule has 0 aromatic carbocycles. The number of esters is 1. The van der Waals surface area contributed by atoms with Gasteiger partial charge in [-0.3, -0.25) is 4.79 Å². The molecule has 3 nitrogen and oxygen atoms in total. The summed E-state index contributed by atoms with van der Waals surface area (Å²) >= 11 is 0. The number of rotatable bonds is 2. The van der Waals surface area contributed by atoms with Crippen molar-refractivity contribution in [1.29, 1.82) is 0 Å². The predicted octanol–water partition coefficient (Wildman–Crippen LogP) is 2.24. The molecule has 0 bridgehead atoms. The van der Waals surface area contributed by atoms with Crippen molar-refractivity contribution in [3.8, 4) is 0 Å². The van der Waals surface area contributed by atoms with Gasteiger partial charge < -0.3 is 10.5 Å². The Kier molecular flexibility index (Phi) is 2.77. The van der Waals surface area contributed by atoms with E-state index < -0.39 is 0 Å². The van der Waals surface area contributed by atoms with Crippen LogP contribution in [0.2, 0.25) is 0 Å². The van der Waals surface area contributed by atoms with E-state index >= 15 is 0 Å². The first-order chi connectivity index (χ1) is 7.33. The summed E-state index contributed by atoms with van der Waals surface area (Å²) in [5.74, 6) is 0.418. The smallest absolute Gasteiger partial charge is 0.306 e. The van der Waals surface area contributed by atoms with Crippen LogP contribution in [0.25, 0.3) is 0 Å². The van der Waals surface area contributed by atoms with Gasteiger partial charge in [0.25, 0.3) is 0 Å². The molecule has 2 fully saturated rings. The predicted molar refractivity (Wildman–Crippen MR) is 62.8 cm³/mol. The molecule has 16 heavy (non-hydrogen) atoms. The first-order valence-corrected chi connectivity index (χ1v) is 6.31. The summed E-state index contributed by atoms with van der Waals surface area (Å²) < 4.78 is 5.36. The van der Waals surface area contributed by atoms with Crippen molar-refractivity contribution in [3.63, 3.8) is 0 Å². The average molecular weight is 225 g/mol. The molecule has 2 aliphatic carbocycles. The number of nitrogens with two attached hydrogens (primary N) is 1. The molecule has 2 rings (SSSR count). The van der Waals surface area contributed by atoms with Crippen molar-refractivity contribution >= 4 is 5.97 Å². The minimum Gasteiger partial charge on any atom is -0.460 e. The van der Waals surface area contributed by atoms with E-state index in [1.807, 2.05) is 20.8 Å². The van der Waals surface area contributed by atoms with E-state index in [0.717, 1.165) is 6.42 Å². The summed E-state index contributed by atoms with van der Waals surface area (Å²) in [7, 11) is 0. The van der Waals surface area contributed by atoms with Crippen LogP contribution in [0.5, 0.6) is 0 Å². The fourth-order valence-electron chi connectivity index (χ4n) is 3.15. The minimum absolute atomic E-state index is 0.0596. The lowest BCUT2D eigenvalue weighted by molar-refractivity contribution is -0.163. The highest BCUT2D eigenvalue weighted by Gasteiger charge is 2.56. The van der Waals surface area contributed by atoms with E-state index in [-0.39, 0.29) is 11.6 Å². The van der Waals surface area contributed by atoms with Crippen molar-refractivity contribution in [2.45, 2.75) is 64.5 Å². The third-order valence-corrected chi connectivity index (χ3v) is 4.21. The van der Waals surface area contributed by atoms with E-state index in [9.17, 15) is 4.79 Å². The first-order valence-electron chi connectivity index (χ1n) is 6.31. The molecule has 0 amide bonds. The van der Waals surface area contributed by atoms with Crippen molar-refractivity contribution in [1.82, 2.24) is 0 Å². The van der Waals surface area contributed by atoms with Gasteiger partial charge in [0.15, 0.2) is 0 Å². The maximum atomic E-state index is 11.7. The lowest BCUT2D eigenvalue weighted by Crippen LogP contribution is -2.61. The van der Waals surface area contributed by atoms with Crippen LogP contribution < -0.4 is 5.73 Å². The summed E-state index contributed by atoms with van der Waals surface area (Å²) in [6, 6.07) is 0.327. The Hall–Kier alpha value is -0.570. The van der Waals surface area contributed by atoms with Gasteiger partial charge in [-0.1, -0.05) is 6.42 Å². The van der Waals surface area contributed by atoms with Crippen molar-refractivity contribution in [3.05, 3.63) is 0 Å². The Morgan fingerprint density at radius 1 is 1.44 bits per heavy atom. The SMILES string of the molecule is CC(C)(C)OC(=O)C[C@@H]1C[C@H](N)C12CCC2. The fourth-order valence-corrected chi connectivity index (χ4v) is 3.15. The summed E-state index contributed by atoms with van der Waals surface area (Å²) in [6.07, 6.45) is 5.26. The lowest BCUT2D eigenvalue weighted by atomic mass is 9.46. The van der Waals surface area contributed by atoms with Crippen LogP contribution in [-0.2, 0) is 9.53 Å². The highest BCUT2D eigenvalue weighted by molar-refractivity contribution is 5.70. The first kappa shape index (κ1) is 11.9. The number of ether oxygens (including phenoxy) is 1. The highest BCUT2D eigenvalue weighted by Crippen LogP contribution is 2.60. The molecule has 0 heterocycles. The lowest BCUT2D eigenvalue weighted by Gasteiger charge is -2.60. The number of carbonyl (C=O) groups is 1. The summed E-state index contributed by atoms with van der Waals surface area (Å²) in [6.45, 7) is 5.74. The standard InChI is InChI=1S/C13H23NO2/c1-12(2,3)16-11(15)8-9-7-10(14)13(9)5-4-6-13/h9-10H,4-8,14H2,1-3H3/t9-,10-/m0/s1. The van der Waals surface area contributed by atoms with Crippen LogP contribution in [0.3, 0.4) is 0 Å². The molecule has 0 saturated heterocycles. The number of hydrogen-bond donors (Lipinski definition) is 1. The molecule has 3 heteroatoms. The van der Waals surface area contributed by atoms with Gasteiger partial charge in [0.1, 0.15) is 5.60 Å². The van der Waals surface area contributed by atoms with Gasteiger partial charge in [-0.2, -0.15) is 0 Å². The van der Waals surface area contributed by atoms with Crippen LogP contribution in [0, 0.1) is 11.3 Å². The molecule has 0 radical (unpaired) electrons. The molecule has 0 aromatic rings. The third-order valence-electron chi connectivity index (χ3n) is 4.21. The van der Waals surface area contributed by atoms with E-state index in [1.54, 1.807) is 0 Å². The minimum atomic E-state index is -0.365. The normalized spacial score (nSPS) is 31.8. The Morgan fingerprint density at radius 2 is 2.06 bits per heavy atom. The average Bonchev–Trinajstić information content (AvgIpc) is 1.95. The van der Waals surface area contributed by atoms with Crippen molar-refractivity contribution in [2.24, 2.45) is 17.1 Å². The molecule has 1 spiro atoms. The monoisotopic (exact) mass is 225 g/mol. The maximum absolute atomic E-state index is 11.7. The van der Waals surface area contributed by atoms with Crippen LogP contribution in [0.4, 0.5) is 0 Å². The zero-order chi connectivity index (χ0) is 12.0. The van der Waals surface area contributed by atoms with Gasteiger partial charge in [-0.05, 0) is 51.4 Å². The maximum Gasteiger partial charge on any atom is 0.306 e. The number of carbonyl (C=O) groups excluding carboxylic acids is 1. The molecule has 0 aliphatic heterocycles. The van der Waals surface area contributed by atoms with Gasteiger partial charge in [-0.15, -0.1) is 0 Å². The van der Waals surface area contributed by atoms with Crippen LogP contribution in [0.1, 0.15) is 52.9 Å². The summed E-state index contributed by atoms with van der Waals surface area (Å²) in [5.41, 5.74) is 6.00. The molecule has 2 aliphatic rings. The van der Waals surface area contributed by atoms with E-state index in [1.165, 1.54) is 19.3 Å². The van der Waals surface area contributed by atoms with Gasteiger partial charge in [0, 0.05) is 12.5 Å². The van der Waals surface area contributed by atoms with Gasteiger partial charge in [0.05, 0.1) is 0 Å². The summed E-state index contributed by atoms with van der Waals surface area (Å²) in [5, 5.41) is 0. The number of hydrogen-bond acceptors (Lipinski definition) is 3. The quantitative estimate of drug-likeness (QED) is 0.733. The van der Waals surface area contributed by atoms with E-state index in [4.69, 9.17) is 10.5 Å². The Morgan fingerprint density at radius 3 is 2.44 bits per heavy atom. The highest BCUT2D eigenvalue weighted by atomic mass is 16.6. The van der Waals surface area contributed by atoms with Crippen LogP contribution in [0.15, 0.2) is 0 Å². The van der Waals surface area contributed by atoms with Gasteiger partial charge >= 0.3 is 5.97 Å². The Labute approximate surface area is 97.7 Å². The molecule has 0 aromatic heterocycles. The topological polar surface area (TPSA) is 52.3 Å². The molecule has 92 valence electrons. The zero-order valence-electron chi connectivity index (χ0n) is 10.6. The fraction of sp³-hybridized carbons (Fsp3) is 0.923.